The summed E-state index contributed by atoms with van der Waals surface area (Å²) in [6, 6.07) is 5.88. The number of phenols is 2. The van der Waals surface area contributed by atoms with E-state index in [1.807, 2.05) is 30.1 Å². The van der Waals surface area contributed by atoms with Crippen molar-refractivity contribution in [2.24, 2.45) is 7.05 Å². The van der Waals surface area contributed by atoms with E-state index in [9.17, 15) is 9.90 Å². The third-order valence-corrected chi connectivity index (χ3v) is 2.58. The van der Waals surface area contributed by atoms with Crippen LogP contribution in [0.5, 0.6) is 11.5 Å². The molecule has 2 aromatic rings. The molecule has 0 aliphatic rings. The molecule has 2 rings (SSSR count). The largest absolute Gasteiger partial charge is 0.504 e. The molecule has 0 radical (unpaired) electrons. The molecular formula is C13H14N2O3. The zero-order valence-electron chi connectivity index (χ0n) is 9.92. The number of aryl methyl sites for hydroxylation is 1. The molecule has 1 aromatic carbocycles. The van der Waals surface area contributed by atoms with Crippen LogP contribution in [0.3, 0.4) is 0 Å². The van der Waals surface area contributed by atoms with Gasteiger partial charge in [-0.15, -0.1) is 0 Å². The molecule has 0 bridgehead atoms. The van der Waals surface area contributed by atoms with Gasteiger partial charge in [0.25, 0.3) is 5.91 Å². The number of aromatic nitrogens is 1. The highest BCUT2D eigenvalue weighted by Gasteiger charge is 2.08. The summed E-state index contributed by atoms with van der Waals surface area (Å²) in [6.07, 6.45) is 3.81. The summed E-state index contributed by atoms with van der Waals surface area (Å²) in [5, 5.41) is 21.2. The van der Waals surface area contributed by atoms with Crippen LogP contribution < -0.4 is 5.32 Å². The lowest BCUT2D eigenvalue weighted by Gasteiger charge is -2.05. The van der Waals surface area contributed by atoms with Crippen molar-refractivity contribution in [1.29, 1.82) is 0 Å². The van der Waals surface area contributed by atoms with Crippen molar-refractivity contribution in [2.45, 2.75) is 6.54 Å². The van der Waals surface area contributed by atoms with Gasteiger partial charge >= 0.3 is 0 Å². The van der Waals surface area contributed by atoms with E-state index in [0.29, 0.717) is 12.1 Å². The van der Waals surface area contributed by atoms with Crippen molar-refractivity contribution in [2.75, 3.05) is 0 Å². The van der Waals surface area contributed by atoms with Crippen LogP contribution in [0.15, 0.2) is 36.7 Å². The topological polar surface area (TPSA) is 74.5 Å². The maximum atomic E-state index is 11.8. The number of nitrogens with one attached hydrogen (secondary N) is 1. The van der Waals surface area contributed by atoms with Crippen LogP contribution in [0.2, 0.25) is 0 Å². The van der Waals surface area contributed by atoms with Crippen molar-refractivity contribution in [3.63, 3.8) is 0 Å². The molecule has 94 valence electrons. The van der Waals surface area contributed by atoms with E-state index in [1.165, 1.54) is 18.2 Å². The lowest BCUT2D eigenvalue weighted by Crippen LogP contribution is -2.22. The molecule has 0 unspecified atom stereocenters. The van der Waals surface area contributed by atoms with E-state index in [1.54, 1.807) is 0 Å². The molecule has 1 aromatic heterocycles. The van der Waals surface area contributed by atoms with E-state index in [-0.39, 0.29) is 17.4 Å². The van der Waals surface area contributed by atoms with Crippen LogP contribution in [0.1, 0.15) is 15.9 Å². The number of benzene rings is 1. The number of rotatable bonds is 3. The first kappa shape index (κ1) is 12.0. The van der Waals surface area contributed by atoms with E-state index >= 15 is 0 Å². The molecule has 0 saturated heterocycles. The number of phenolic OH excluding ortho intramolecular Hbond substituents is 2. The van der Waals surface area contributed by atoms with Gasteiger partial charge in [0.05, 0.1) is 0 Å². The molecule has 18 heavy (non-hydrogen) atoms. The zero-order chi connectivity index (χ0) is 13.1. The second kappa shape index (κ2) is 4.83. The van der Waals surface area contributed by atoms with Crippen molar-refractivity contribution in [3.05, 3.63) is 47.8 Å². The smallest absolute Gasteiger partial charge is 0.251 e. The van der Waals surface area contributed by atoms with E-state index < -0.39 is 0 Å². The Hall–Kier alpha value is -2.43. The van der Waals surface area contributed by atoms with Gasteiger partial charge in [0.2, 0.25) is 0 Å². The van der Waals surface area contributed by atoms with Gasteiger partial charge in [0, 0.05) is 31.5 Å². The van der Waals surface area contributed by atoms with Crippen LogP contribution in [0, 0.1) is 0 Å². The Morgan fingerprint density at radius 3 is 2.67 bits per heavy atom. The summed E-state index contributed by atoms with van der Waals surface area (Å²) in [4.78, 5) is 11.8. The fourth-order valence-electron chi connectivity index (χ4n) is 1.61. The molecule has 0 atom stereocenters. The number of hydrogen-bond acceptors (Lipinski definition) is 3. The Bertz CT molecular complexity index is 575. The average molecular weight is 246 g/mol. The molecular weight excluding hydrogens is 232 g/mol. The number of aromatic hydroxyl groups is 2. The van der Waals surface area contributed by atoms with Crippen LogP contribution in [-0.4, -0.2) is 20.7 Å². The Morgan fingerprint density at radius 2 is 2.06 bits per heavy atom. The fraction of sp³-hybridized carbons (Fsp3) is 0.154. The quantitative estimate of drug-likeness (QED) is 0.716. The molecule has 0 aliphatic heterocycles. The number of carbonyl (C=O) groups is 1. The minimum atomic E-state index is -0.303. The van der Waals surface area contributed by atoms with Crippen molar-refractivity contribution >= 4 is 5.91 Å². The number of amides is 1. The second-order valence-electron chi connectivity index (χ2n) is 4.07. The molecule has 0 fully saturated rings. The maximum Gasteiger partial charge on any atom is 0.251 e. The Labute approximate surface area is 104 Å². The first-order valence-corrected chi connectivity index (χ1v) is 5.47. The number of nitrogens with zero attached hydrogens (tertiary/aromatic N) is 1. The van der Waals surface area contributed by atoms with E-state index in [0.717, 1.165) is 5.56 Å². The van der Waals surface area contributed by atoms with Crippen molar-refractivity contribution in [3.8, 4) is 11.5 Å². The summed E-state index contributed by atoms with van der Waals surface area (Å²) < 4.78 is 1.90. The highest BCUT2D eigenvalue weighted by atomic mass is 16.3. The van der Waals surface area contributed by atoms with Crippen LogP contribution in [0.4, 0.5) is 0 Å². The minimum absolute atomic E-state index is 0.241. The third kappa shape index (κ3) is 2.63. The number of hydrogen-bond donors (Lipinski definition) is 3. The van der Waals surface area contributed by atoms with Gasteiger partial charge in [-0.2, -0.15) is 0 Å². The molecule has 5 nitrogen and oxygen atoms in total. The van der Waals surface area contributed by atoms with E-state index in [2.05, 4.69) is 5.32 Å². The summed E-state index contributed by atoms with van der Waals surface area (Å²) in [5.41, 5.74) is 1.30. The van der Waals surface area contributed by atoms with Gasteiger partial charge in [0.1, 0.15) is 0 Å². The molecule has 3 N–H and O–H groups in total. The Balaban J connectivity index is 2.01. The van der Waals surface area contributed by atoms with Gasteiger partial charge in [0.15, 0.2) is 11.5 Å². The summed E-state index contributed by atoms with van der Waals surface area (Å²) >= 11 is 0. The summed E-state index contributed by atoms with van der Waals surface area (Å²) in [6.45, 7) is 0.418. The first-order chi connectivity index (χ1) is 8.56. The predicted molar refractivity (Wildman–Crippen MR) is 66.4 cm³/mol. The monoisotopic (exact) mass is 246 g/mol. The first-order valence-electron chi connectivity index (χ1n) is 5.47. The average Bonchev–Trinajstić information content (AvgIpc) is 2.75. The predicted octanol–water partition coefficient (Wildman–Crippen LogP) is 1.37. The molecule has 0 aliphatic carbocycles. The summed E-state index contributed by atoms with van der Waals surface area (Å²) in [7, 11) is 1.91. The fourth-order valence-corrected chi connectivity index (χ4v) is 1.61. The van der Waals surface area contributed by atoms with Gasteiger partial charge in [-0.05, 0) is 29.8 Å². The lowest BCUT2D eigenvalue weighted by atomic mass is 10.2. The van der Waals surface area contributed by atoms with Crippen LogP contribution in [0.25, 0.3) is 0 Å². The van der Waals surface area contributed by atoms with Gasteiger partial charge in [-0.25, -0.2) is 0 Å². The molecule has 1 amide bonds. The zero-order valence-corrected chi connectivity index (χ0v) is 9.92. The highest BCUT2D eigenvalue weighted by Crippen LogP contribution is 2.24. The van der Waals surface area contributed by atoms with Crippen LogP contribution in [-0.2, 0) is 13.6 Å². The van der Waals surface area contributed by atoms with Crippen LogP contribution >= 0.6 is 0 Å². The Morgan fingerprint density at radius 1 is 1.28 bits per heavy atom. The van der Waals surface area contributed by atoms with Gasteiger partial charge in [-0.3, -0.25) is 4.79 Å². The third-order valence-electron chi connectivity index (χ3n) is 2.58. The SMILES string of the molecule is Cn1ccc(CNC(=O)c2ccc(O)c(O)c2)c1. The van der Waals surface area contributed by atoms with Gasteiger partial charge in [-0.1, -0.05) is 0 Å². The second-order valence-corrected chi connectivity index (χ2v) is 4.07. The summed E-state index contributed by atoms with van der Waals surface area (Å²) in [5.74, 6) is -0.842. The molecule has 0 spiro atoms. The molecule has 5 heteroatoms. The molecule has 1 heterocycles. The molecule has 0 saturated carbocycles. The van der Waals surface area contributed by atoms with Crippen molar-refractivity contribution < 1.29 is 15.0 Å². The highest BCUT2D eigenvalue weighted by molar-refractivity contribution is 5.94. The number of carbonyl (C=O) groups excluding carboxylic acids is 1. The van der Waals surface area contributed by atoms with Gasteiger partial charge < -0.3 is 20.1 Å². The van der Waals surface area contributed by atoms with Crippen molar-refractivity contribution in [1.82, 2.24) is 9.88 Å². The Kier molecular flexibility index (Phi) is 3.23. The maximum absolute atomic E-state index is 11.8. The standard InChI is InChI=1S/C13H14N2O3/c1-15-5-4-9(8-15)7-14-13(18)10-2-3-11(16)12(17)6-10/h2-6,8,16-17H,7H2,1H3,(H,14,18). The normalized spacial score (nSPS) is 10.3. The minimum Gasteiger partial charge on any atom is -0.504 e. The lowest BCUT2D eigenvalue weighted by molar-refractivity contribution is 0.0950. The van der Waals surface area contributed by atoms with E-state index in [4.69, 9.17) is 5.11 Å².